The van der Waals surface area contributed by atoms with Crippen molar-refractivity contribution in [2.45, 2.75) is 26.8 Å². The van der Waals surface area contributed by atoms with Gasteiger partial charge < -0.3 is 4.90 Å². The molecule has 0 radical (unpaired) electrons. The molecule has 0 aliphatic carbocycles. The SMILES string of the molecule is Cc1cc(C)cc(C(=O)N(c2ccc(C)c(Cl)c2)[C@H]2C=CS(=O)(=O)C2)c1. The summed E-state index contributed by atoms with van der Waals surface area (Å²) < 4.78 is 23.8. The van der Waals surface area contributed by atoms with E-state index in [1.54, 1.807) is 18.2 Å². The highest BCUT2D eigenvalue weighted by atomic mass is 35.5. The molecular formula is C20H20ClNO3S. The number of aryl methyl sites for hydroxylation is 3. The van der Waals surface area contributed by atoms with E-state index in [-0.39, 0.29) is 11.7 Å². The quantitative estimate of drug-likeness (QED) is 0.789. The molecule has 136 valence electrons. The second-order valence-electron chi connectivity index (χ2n) is 6.71. The Morgan fingerprint density at radius 2 is 1.73 bits per heavy atom. The summed E-state index contributed by atoms with van der Waals surface area (Å²) in [6, 6.07) is 10.4. The standard InChI is InChI=1S/C20H20ClNO3S/c1-13-8-14(2)10-16(9-13)20(23)22(18-6-7-26(24,25)12-18)17-5-4-15(3)19(21)11-17/h4-11,18H,12H2,1-3H3/t18-/m0/s1. The molecule has 1 atom stereocenters. The first-order chi connectivity index (χ1) is 12.2. The van der Waals surface area contributed by atoms with Crippen LogP contribution in [0.25, 0.3) is 0 Å². The molecule has 0 unspecified atom stereocenters. The lowest BCUT2D eigenvalue weighted by molar-refractivity contribution is 0.0983. The van der Waals surface area contributed by atoms with E-state index in [1.165, 1.54) is 10.3 Å². The molecule has 0 N–H and O–H groups in total. The van der Waals surface area contributed by atoms with Gasteiger partial charge in [0, 0.05) is 21.7 Å². The summed E-state index contributed by atoms with van der Waals surface area (Å²) in [6.45, 7) is 5.73. The third kappa shape index (κ3) is 3.84. The summed E-state index contributed by atoms with van der Waals surface area (Å²) in [5.41, 5.74) is 3.95. The minimum absolute atomic E-state index is 0.130. The molecule has 2 aromatic carbocycles. The number of nitrogens with zero attached hydrogens (tertiary/aromatic N) is 1. The predicted octanol–water partition coefficient (Wildman–Crippen LogP) is 4.22. The number of halogens is 1. The molecule has 4 nitrogen and oxygen atoms in total. The first-order valence-corrected chi connectivity index (χ1v) is 10.3. The Balaban J connectivity index is 2.09. The average Bonchev–Trinajstić information content (AvgIpc) is 2.89. The first-order valence-electron chi connectivity index (χ1n) is 8.25. The maximum absolute atomic E-state index is 13.3. The lowest BCUT2D eigenvalue weighted by atomic mass is 10.0. The average molecular weight is 390 g/mol. The maximum atomic E-state index is 13.3. The summed E-state index contributed by atoms with van der Waals surface area (Å²) >= 11 is 6.25. The lowest BCUT2D eigenvalue weighted by Gasteiger charge is -2.28. The number of carbonyl (C=O) groups is 1. The number of hydrogen-bond donors (Lipinski definition) is 0. The second kappa shape index (κ2) is 6.89. The van der Waals surface area contributed by atoms with Gasteiger partial charge in [-0.3, -0.25) is 4.79 Å². The van der Waals surface area contributed by atoms with Crippen LogP contribution in [0, 0.1) is 20.8 Å². The van der Waals surface area contributed by atoms with Crippen LogP contribution in [0.2, 0.25) is 5.02 Å². The molecular weight excluding hydrogens is 370 g/mol. The molecule has 0 saturated carbocycles. The number of hydrogen-bond acceptors (Lipinski definition) is 3. The molecule has 0 spiro atoms. The fourth-order valence-electron chi connectivity index (χ4n) is 3.15. The fraction of sp³-hybridized carbons (Fsp3) is 0.250. The Morgan fingerprint density at radius 1 is 1.08 bits per heavy atom. The van der Waals surface area contributed by atoms with Crippen molar-refractivity contribution in [2.24, 2.45) is 0 Å². The van der Waals surface area contributed by atoms with Gasteiger partial charge in [0.1, 0.15) is 0 Å². The molecule has 1 amide bonds. The van der Waals surface area contributed by atoms with Crippen LogP contribution >= 0.6 is 11.6 Å². The molecule has 0 saturated heterocycles. The molecule has 6 heteroatoms. The molecule has 26 heavy (non-hydrogen) atoms. The van der Waals surface area contributed by atoms with Crippen molar-refractivity contribution in [1.29, 1.82) is 0 Å². The molecule has 1 aliphatic heterocycles. The van der Waals surface area contributed by atoms with E-state index in [2.05, 4.69) is 0 Å². The Bertz CT molecular complexity index is 991. The van der Waals surface area contributed by atoms with Crippen LogP contribution in [0.5, 0.6) is 0 Å². The number of benzene rings is 2. The molecule has 0 fully saturated rings. The molecule has 0 bridgehead atoms. The van der Waals surface area contributed by atoms with E-state index in [9.17, 15) is 13.2 Å². The minimum Gasteiger partial charge on any atom is -0.300 e. The van der Waals surface area contributed by atoms with Gasteiger partial charge >= 0.3 is 0 Å². The molecule has 2 aromatic rings. The largest absolute Gasteiger partial charge is 0.300 e. The summed E-state index contributed by atoms with van der Waals surface area (Å²) in [4.78, 5) is 14.8. The number of rotatable bonds is 3. The van der Waals surface area contributed by atoms with Crippen LogP contribution in [0.3, 0.4) is 0 Å². The Kier molecular flexibility index (Phi) is 4.95. The second-order valence-corrected chi connectivity index (χ2v) is 9.05. The monoisotopic (exact) mass is 389 g/mol. The summed E-state index contributed by atoms with van der Waals surface area (Å²) in [5.74, 6) is -0.377. The van der Waals surface area contributed by atoms with Crippen LogP contribution in [-0.2, 0) is 9.84 Å². The summed E-state index contributed by atoms with van der Waals surface area (Å²) in [5, 5.41) is 1.71. The van der Waals surface area contributed by atoms with Crippen molar-refractivity contribution in [1.82, 2.24) is 0 Å². The van der Waals surface area contributed by atoms with Crippen molar-refractivity contribution < 1.29 is 13.2 Å². The number of carbonyl (C=O) groups excluding carboxylic acids is 1. The van der Waals surface area contributed by atoms with Gasteiger partial charge in [0.2, 0.25) is 0 Å². The van der Waals surface area contributed by atoms with Gasteiger partial charge in [-0.15, -0.1) is 0 Å². The molecule has 1 aliphatic rings. The van der Waals surface area contributed by atoms with Gasteiger partial charge in [-0.05, 0) is 56.7 Å². The highest BCUT2D eigenvalue weighted by Crippen LogP contribution is 2.29. The molecule has 3 rings (SSSR count). The smallest absolute Gasteiger partial charge is 0.258 e. The fourth-order valence-corrected chi connectivity index (χ4v) is 4.59. The van der Waals surface area contributed by atoms with Gasteiger partial charge in [0.25, 0.3) is 5.91 Å². The third-order valence-electron chi connectivity index (χ3n) is 4.36. The third-order valence-corrected chi connectivity index (χ3v) is 6.15. The minimum atomic E-state index is -3.31. The van der Waals surface area contributed by atoms with E-state index >= 15 is 0 Å². The van der Waals surface area contributed by atoms with E-state index in [0.717, 1.165) is 16.7 Å². The van der Waals surface area contributed by atoms with E-state index < -0.39 is 15.9 Å². The van der Waals surface area contributed by atoms with Crippen LogP contribution in [0.1, 0.15) is 27.0 Å². The predicted molar refractivity (Wildman–Crippen MR) is 106 cm³/mol. The Labute approximate surface area is 159 Å². The highest BCUT2D eigenvalue weighted by molar-refractivity contribution is 7.94. The van der Waals surface area contributed by atoms with Crippen molar-refractivity contribution >= 4 is 33.0 Å². The van der Waals surface area contributed by atoms with Crippen molar-refractivity contribution in [3.8, 4) is 0 Å². The van der Waals surface area contributed by atoms with Crippen molar-refractivity contribution in [3.63, 3.8) is 0 Å². The normalized spacial score (nSPS) is 18.1. The zero-order valence-electron chi connectivity index (χ0n) is 14.9. The van der Waals surface area contributed by atoms with E-state index in [0.29, 0.717) is 16.3 Å². The van der Waals surface area contributed by atoms with Gasteiger partial charge in [0.05, 0.1) is 11.8 Å². The Morgan fingerprint density at radius 3 is 2.27 bits per heavy atom. The maximum Gasteiger partial charge on any atom is 0.258 e. The molecule has 1 heterocycles. The van der Waals surface area contributed by atoms with Crippen LogP contribution in [-0.4, -0.2) is 26.1 Å². The zero-order chi connectivity index (χ0) is 19.1. The van der Waals surface area contributed by atoms with Gasteiger partial charge in [-0.25, -0.2) is 8.42 Å². The number of anilines is 1. The first kappa shape index (κ1) is 18.7. The van der Waals surface area contributed by atoms with Crippen LogP contribution < -0.4 is 4.90 Å². The number of sulfone groups is 1. The zero-order valence-corrected chi connectivity index (χ0v) is 16.4. The summed E-state index contributed by atoms with van der Waals surface area (Å²) in [6.07, 6.45) is 1.56. The topological polar surface area (TPSA) is 54.5 Å². The number of amides is 1. The van der Waals surface area contributed by atoms with Crippen molar-refractivity contribution in [2.75, 3.05) is 10.7 Å². The highest BCUT2D eigenvalue weighted by Gasteiger charge is 2.32. The van der Waals surface area contributed by atoms with Gasteiger partial charge in [-0.1, -0.05) is 34.9 Å². The van der Waals surface area contributed by atoms with E-state index in [4.69, 9.17) is 11.6 Å². The van der Waals surface area contributed by atoms with Crippen LogP contribution in [0.4, 0.5) is 5.69 Å². The van der Waals surface area contributed by atoms with Crippen LogP contribution in [0.15, 0.2) is 47.9 Å². The lowest BCUT2D eigenvalue weighted by Crippen LogP contribution is -2.41. The van der Waals surface area contributed by atoms with Gasteiger partial charge in [-0.2, -0.15) is 0 Å². The van der Waals surface area contributed by atoms with E-state index in [1.807, 2.05) is 45.0 Å². The van der Waals surface area contributed by atoms with Crippen molar-refractivity contribution in [3.05, 3.63) is 75.2 Å². The molecule has 0 aromatic heterocycles. The summed E-state index contributed by atoms with van der Waals surface area (Å²) in [7, 11) is -3.31. The van der Waals surface area contributed by atoms with Gasteiger partial charge in [0.15, 0.2) is 9.84 Å². The Hall–Kier alpha value is -2.11.